The highest BCUT2D eigenvalue weighted by atomic mass is 16.1. The van der Waals surface area contributed by atoms with Crippen molar-refractivity contribution in [2.75, 3.05) is 74.7 Å². The van der Waals surface area contributed by atoms with Gasteiger partial charge in [0, 0.05) is 61.5 Å². The molecule has 216 valence electrons. The lowest BCUT2D eigenvalue weighted by Crippen LogP contribution is -2.44. The van der Waals surface area contributed by atoms with Crippen molar-refractivity contribution in [3.8, 4) is 0 Å². The zero-order valence-corrected chi connectivity index (χ0v) is 24.1. The molecular weight excluding hydrogens is 518 g/mol. The van der Waals surface area contributed by atoms with Crippen LogP contribution in [0.4, 0.5) is 34.4 Å². The van der Waals surface area contributed by atoms with E-state index in [0.29, 0.717) is 35.9 Å². The Kier molecular flexibility index (Phi) is 9.88. The van der Waals surface area contributed by atoms with Crippen LogP contribution in [-0.4, -0.2) is 85.4 Å². The smallest absolute Gasteiger partial charge is 0.271 e. The van der Waals surface area contributed by atoms with Crippen LogP contribution in [0.3, 0.4) is 0 Å². The fourth-order valence-electron chi connectivity index (χ4n) is 4.40. The molecule has 5 N–H and O–H groups in total. The molecule has 0 radical (unpaired) electrons. The third-order valence-electron chi connectivity index (χ3n) is 6.67. The molecule has 2 heterocycles. The van der Waals surface area contributed by atoms with Gasteiger partial charge < -0.3 is 36.4 Å². The van der Waals surface area contributed by atoms with Crippen molar-refractivity contribution in [1.82, 2.24) is 19.8 Å². The number of nitrogens with one attached hydrogen (secondary N) is 3. The molecule has 0 unspecified atom stereocenters. The number of aryl methyl sites for hydroxylation is 1. The van der Waals surface area contributed by atoms with Gasteiger partial charge in [-0.15, -0.1) is 0 Å². The molecule has 0 atom stereocenters. The molecule has 3 aromatic rings. The van der Waals surface area contributed by atoms with Crippen LogP contribution in [0.15, 0.2) is 60.7 Å². The van der Waals surface area contributed by atoms with Gasteiger partial charge in [0.1, 0.15) is 0 Å². The minimum absolute atomic E-state index is 0.0704. The number of nitrogens with zero attached hydrogens (tertiary/aromatic N) is 5. The molecule has 41 heavy (non-hydrogen) atoms. The normalized spacial score (nSPS) is 13.9. The molecule has 1 fully saturated rings. The quantitative estimate of drug-likeness (QED) is 0.262. The highest BCUT2D eigenvalue weighted by molar-refractivity contribution is 5.99. The van der Waals surface area contributed by atoms with Gasteiger partial charge in [-0.05, 0) is 70.0 Å². The van der Waals surface area contributed by atoms with Crippen molar-refractivity contribution in [2.24, 2.45) is 5.73 Å². The number of nitrogens with two attached hydrogens (primary N) is 1. The molecule has 1 aliphatic heterocycles. The molecule has 1 saturated heterocycles. The molecule has 0 bridgehead atoms. The van der Waals surface area contributed by atoms with Crippen molar-refractivity contribution in [1.29, 1.82) is 0 Å². The molecule has 11 nitrogen and oxygen atoms in total. The van der Waals surface area contributed by atoms with Gasteiger partial charge in [0.2, 0.25) is 5.91 Å². The number of hydrogen-bond donors (Lipinski definition) is 4. The lowest BCUT2D eigenvalue weighted by molar-refractivity contribution is -0.111. The van der Waals surface area contributed by atoms with Crippen molar-refractivity contribution in [2.45, 2.75) is 13.3 Å². The summed E-state index contributed by atoms with van der Waals surface area (Å²) in [5.74, 6) is -0.125. The number of likely N-dealkylation sites (N-methyl/N-ethyl adjacent to an activating group) is 2. The van der Waals surface area contributed by atoms with E-state index < -0.39 is 5.91 Å². The number of hydrogen-bond acceptors (Lipinski definition) is 9. The Hall–Kier alpha value is -4.48. The van der Waals surface area contributed by atoms with Crippen LogP contribution in [0.5, 0.6) is 0 Å². The lowest BCUT2D eigenvalue weighted by atomic mass is 10.2. The van der Waals surface area contributed by atoms with Crippen molar-refractivity contribution in [3.63, 3.8) is 0 Å². The Bertz CT molecular complexity index is 1380. The molecular formula is C30H39N9O2. The Morgan fingerprint density at radius 2 is 1.63 bits per heavy atom. The lowest BCUT2D eigenvalue weighted by Gasteiger charge is -2.34. The van der Waals surface area contributed by atoms with Crippen LogP contribution in [0.1, 0.15) is 23.1 Å². The van der Waals surface area contributed by atoms with Crippen LogP contribution in [-0.2, 0) is 11.2 Å². The van der Waals surface area contributed by atoms with Gasteiger partial charge in [-0.3, -0.25) is 9.59 Å². The topological polar surface area (TPSA) is 132 Å². The summed E-state index contributed by atoms with van der Waals surface area (Å²) in [6.45, 7) is 6.62. The van der Waals surface area contributed by atoms with E-state index in [-0.39, 0.29) is 17.4 Å². The molecule has 1 aliphatic rings. The summed E-state index contributed by atoms with van der Waals surface area (Å²) in [5.41, 5.74) is 9.60. The molecule has 4 rings (SSSR count). The number of carbonyl (C=O) groups is 2. The number of primary amides is 1. The summed E-state index contributed by atoms with van der Waals surface area (Å²) in [5, 5.41) is 9.38. The predicted octanol–water partition coefficient (Wildman–Crippen LogP) is 3.43. The van der Waals surface area contributed by atoms with E-state index in [1.165, 1.54) is 6.08 Å². The zero-order valence-electron chi connectivity index (χ0n) is 24.1. The Morgan fingerprint density at radius 3 is 2.29 bits per heavy atom. The van der Waals surface area contributed by atoms with Gasteiger partial charge in [0.15, 0.2) is 17.3 Å². The van der Waals surface area contributed by atoms with Gasteiger partial charge in [-0.25, -0.2) is 9.97 Å². The first kappa shape index (κ1) is 29.5. The van der Waals surface area contributed by atoms with E-state index >= 15 is 0 Å². The number of piperazine rings is 1. The number of amides is 2. The van der Waals surface area contributed by atoms with E-state index in [1.54, 1.807) is 6.08 Å². The highest BCUT2D eigenvalue weighted by Gasteiger charge is 2.18. The second kappa shape index (κ2) is 13.7. The van der Waals surface area contributed by atoms with Crippen molar-refractivity contribution in [3.05, 3.63) is 72.1 Å². The van der Waals surface area contributed by atoms with Gasteiger partial charge in [-0.2, -0.15) is 0 Å². The Balaban J connectivity index is 1.52. The fraction of sp³-hybridized carbons (Fsp3) is 0.333. The van der Waals surface area contributed by atoms with E-state index in [4.69, 9.17) is 10.7 Å². The summed E-state index contributed by atoms with van der Waals surface area (Å²) >= 11 is 0. The third kappa shape index (κ3) is 8.26. The van der Waals surface area contributed by atoms with E-state index in [2.05, 4.69) is 49.9 Å². The van der Waals surface area contributed by atoms with Crippen LogP contribution in [0.2, 0.25) is 0 Å². The average molecular weight is 558 g/mol. The first-order chi connectivity index (χ1) is 19.7. The van der Waals surface area contributed by atoms with Crippen LogP contribution in [0.25, 0.3) is 0 Å². The standard InChI is InChI=1S/C30H39N9O2/c1-5-25-29(34-23-9-6-8-22(20-23)32-26(40)10-7-15-37(2)3)36-30(27(35-25)28(31)41)33-21-11-13-24(14-12-21)39-18-16-38(4)17-19-39/h6-14,20H,5,15-19H2,1-4H3,(H2,31,41)(H,32,40)(H2,33,34,36). The third-order valence-corrected chi connectivity index (χ3v) is 6.67. The second-order valence-electron chi connectivity index (χ2n) is 10.3. The second-order valence-corrected chi connectivity index (χ2v) is 10.3. The maximum Gasteiger partial charge on any atom is 0.271 e. The van der Waals surface area contributed by atoms with Crippen LogP contribution < -0.4 is 26.6 Å². The van der Waals surface area contributed by atoms with Gasteiger partial charge in [-0.1, -0.05) is 19.1 Å². The van der Waals surface area contributed by atoms with E-state index in [9.17, 15) is 9.59 Å². The highest BCUT2D eigenvalue weighted by Crippen LogP contribution is 2.27. The molecule has 0 aliphatic carbocycles. The summed E-state index contributed by atoms with van der Waals surface area (Å²) < 4.78 is 0. The average Bonchev–Trinajstić information content (AvgIpc) is 2.94. The molecule has 11 heteroatoms. The first-order valence-electron chi connectivity index (χ1n) is 13.7. The number of benzene rings is 2. The Morgan fingerprint density at radius 1 is 0.951 bits per heavy atom. The van der Waals surface area contributed by atoms with Gasteiger partial charge in [0.05, 0.1) is 5.69 Å². The first-order valence-corrected chi connectivity index (χ1v) is 13.7. The fourth-order valence-corrected chi connectivity index (χ4v) is 4.40. The molecule has 2 aromatic carbocycles. The largest absolute Gasteiger partial charge is 0.369 e. The molecule has 1 aromatic heterocycles. The summed E-state index contributed by atoms with van der Waals surface area (Å²) in [6, 6.07) is 15.3. The number of rotatable bonds is 11. The summed E-state index contributed by atoms with van der Waals surface area (Å²) in [7, 11) is 6.01. The minimum atomic E-state index is -0.665. The monoisotopic (exact) mass is 557 g/mol. The number of carbonyl (C=O) groups excluding carboxylic acids is 2. The van der Waals surface area contributed by atoms with Gasteiger partial charge >= 0.3 is 0 Å². The number of aromatic nitrogens is 2. The van der Waals surface area contributed by atoms with Crippen LogP contribution >= 0.6 is 0 Å². The summed E-state index contributed by atoms with van der Waals surface area (Å²) in [6.07, 6.45) is 3.84. The predicted molar refractivity (Wildman–Crippen MR) is 165 cm³/mol. The zero-order chi connectivity index (χ0) is 29.4. The molecule has 2 amide bonds. The minimum Gasteiger partial charge on any atom is -0.369 e. The number of anilines is 6. The Labute approximate surface area is 241 Å². The van der Waals surface area contributed by atoms with Crippen LogP contribution in [0, 0.1) is 0 Å². The van der Waals surface area contributed by atoms with Gasteiger partial charge in [0.25, 0.3) is 5.91 Å². The van der Waals surface area contributed by atoms with E-state index in [1.807, 2.05) is 62.3 Å². The van der Waals surface area contributed by atoms with E-state index in [0.717, 1.165) is 37.6 Å². The summed E-state index contributed by atoms with van der Waals surface area (Å²) in [4.78, 5) is 40.5. The SMILES string of the molecule is CCc1nc(C(N)=O)c(Nc2ccc(N3CCN(C)CC3)cc2)nc1Nc1cccc(NC(=O)C=CCN(C)C)c1. The van der Waals surface area contributed by atoms with Crippen molar-refractivity contribution < 1.29 is 9.59 Å². The maximum atomic E-state index is 12.3. The molecule has 0 spiro atoms. The molecule has 0 saturated carbocycles. The maximum absolute atomic E-state index is 12.3. The van der Waals surface area contributed by atoms with Crippen molar-refractivity contribution >= 4 is 46.2 Å².